The van der Waals surface area contributed by atoms with E-state index in [1.165, 1.54) is 17.0 Å². The van der Waals surface area contributed by atoms with Gasteiger partial charge >= 0.3 is 5.97 Å². The molecule has 0 bridgehead atoms. The van der Waals surface area contributed by atoms with Crippen LogP contribution >= 0.6 is 11.6 Å². The number of halogens is 1. The summed E-state index contributed by atoms with van der Waals surface area (Å²) in [5.74, 6) is -1.58. The highest BCUT2D eigenvalue weighted by Crippen LogP contribution is 2.26. The van der Waals surface area contributed by atoms with Crippen molar-refractivity contribution in [3.8, 4) is 0 Å². The van der Waals surface area contributed by atoms with Crippen molar-refractivity contribution in [2.45, 2.75) is 4.90 Å². The van der Waals surface area contributed by atoms with Gasteiger partial charge in [0.1, 0.15) is 4.90 Å². The van der Waals surface area contributed by atoms with Crippen molar-refractivity contribution in [2.75, 3.05) is 26.7 Å². The van der Waals surface area contributed by atoms with E-state index in [1.807, 2.05) is 0 Å². The number of hydrogen-bond acceptors (Lipinski definition) is 4. The van der Waals surface area contributed by atoms with E-state index in [0.29, 0.717) is 0 Å². The van der Waals surface area contributed by atoms with Crippen molar-refractivity contribution in [1.82, 2.24) is 9.21 Å². The van der Waals surface area contributed by atoms with Gasteiger partial charge in [0.25, 0.3) is 0 Å². The molecule has 1 aromatic rings. The summed E-state index contributed by atoms with van der Waals surface area (Å²) in [6.07, 6.45) is 0. The summed E-state index contributed by atoms with van der Waals surface area (Å²) in [7, 11) is -2.43. The molecule has 0 radical (unpaired) electrons. The molecule has 0 atom stereocenters. The maximum absolute atomic E-state index is 12.5. The molecule has 1 aliphatic rings. The van der Waals surface area contributed by atoms with Crippen LogP contribution in [0.2, 0.25) is 5.02 Å². The fourth-order valence-corrected chi connectivity index (χ4v) is 3.80. The minimum atomic E-state index is -4.01. The Hall–Kier alpha value is -1.64. The minimum absolute atomic E-state index is 0.0774. The first-order valence-corrected chi connectivity index (χ1v) is 7.82. The highest BCUT2D eigenvalue weighted by Gasteiger charge is 2.33. The number of rotatable bonds is 3. The Morgan fingerprint density at radius 1 is 1.33 bits per heavy atom. The molecule has 0 aromatic heterocycles. The number of carboxylic acid groups (broad SMARTS) is 1. The third-order valence-corrected chi connectivity index (χ3v) is 5.54. The Labute approximate surface area is 126 Å². The summed E-state index contributed by atoms with van der Waals surface area (Å²) in [5.41, 5.74) is -0.182. The molecule has 21 heavy (non-hydrogen) atoms. The molecule has 0 saturated carbocycles. The average molecular weight is 333 g/mol. The van der Waals surface area contributed by atoms with Crippen molar-refractivity contribution >= 4 is 33.5 Å². The molecule has 1 aliphatic heterocycles. The topological polar surface area (TPSA) is 95.0 Å². The zero-order chi connectivity index (χ0) is 15.8. The Balaban J connectivity index is 2.42. The normalized spacial score (nSPS) is 17.0. The molecule has 1 saturated heterocycles. The predicted octanol–water partition coefficient (Wildman–Crippen LogP) is 0.501. The van der Waals surface area contributed by atoms with E-state index in [0.717, 1.165) is 10.4 Å². The SMILES string of the molecule is CN1CCN(S(=O)(=O)c2cc(C(=O)O)ccc2Cl)CC1=O. The summed E-state index contributed by atoms with van der Waals surface area (Å²) in [6, 6.07) is 3.44. The van der Waals surface area contributed by atoms with Crippen molar-refractivity contribution < 1.29 is 23.1 Å². The van der Waals surface area contributed by atoms with E-state index >= 15 is 0 Å². The standard InChI is InChI=1S/C12H13ClN2O5S/c1-14-4-5-15(7-11(14)16)21(19,20)10-6-8(12(17)18)2-3-9(10)13/h2-3,6H,4-5,7H2,1H3,(H,17,18). The second-order valence-electron chi connectivity index (χ2n) is 4.60. The van der Waals surface area contributed by atoms with Crippen molar-refractivity contribution in [3.63, 3.8) is 0 Å². The molecule has 1 fully saturated rings. The predicted molar refractivity (Wildman–Crippen MR) is 74.8 cm³/mol. The Morgan fingerprint density at radius 3 is 2.57 bits per heavy atom. The van der Waals surface area contributed by atoms with Crippen molar-refractivity contribution in [1.29, 1.82) is 0 Å². The van der Waals surface area contributed by atoms with Gasteiger partial charge in [-0.25, -0.2) is 13.2 Å². The molecular weight excluding hydrogens is 320 g/mol. The molecule has 2 rings (SSSR count). The molecule has 7 nitrogen and oxygen atoms in total. The number of carbonyl (C=O) groups is 2. The lowest BCUT2D eigenvalue weighted by molar-refractivity contribution is -0.132. The average Bonchev–Trinajstić information content (AvgIpc) is 2.41. The first kappa shape index (κ1) is 15.7. The summed E-state index contributed by atoms with van der Waals surface area (Å²) in [5, 5.41) is 8.86. The van der Waals surface area contributed by atoms with Crippen LogP contribution < -0.4 is 0 Å². The molecule has 0 spiro atoms. The van der Waals surface area contributed by atoms with Crippen LogP contribution in [0, 0.1) is 0 Å². The Bertz CT molecular complexity index is 704. The molecule has 9 heteroatoms. The third-order valence-electron chi connectivity index (χ3n) is 3.22. The quantitative estimate of drug-likeness (QED) is 0.869. The van der Waals surface area contributed by atoms with Crippen molar-refractivity contribution in [3.05, 3.63) is 28.8 Å². The van der Waals surface area contributed by atoms with Crippen LogP contribution in [0.3, 0.4) is 0 Å². The monoisotopic (exact) mass is 332 g/mol. The highest BCUT2D eigenvalue weighted by atomic mass is 35.5. The zero-order valence-electron chi connectivity index (χ0n) is 11.1. The number of likely N-dealkylation sites (N-methyl/N-ethyl adjacent to an activating group) is 1. The number of carbonyl (C=O) groups excluding carboxylic acids is 1. The molecular formula is C12H13ClN2O5S. The smallest absolute Gasteiger partial charge is 0.335 e. The first-order chi connectivity index (χ1) is 9.73. The molecule has 1 N–H and O–H groups in total. The number of amides is 1. The van der Waals surface area contributed by atoms with Crippen LogP contribution in [0.5, 0.6) is 0 Å². The minimum Gasteiger partial charge on any atom is -0.478 e. The van der Waals surface area contributed by atoms with Gasteiger partial charge in [0.2, 0.25) is 15.9 Å². The Morgan fingerprint density at radius 2 is 2.00 bits per heavy atom. The molecule has 0 unspecified atom stereocenters. The van der Waals surface area contributed by atoms with Gasteiger partial charge in [-0.15, -0.1) is 0 Å². The molecule has 0 aliphatic carbocycles. The summed E-state index contributed by atoms with van der Waals surface area (Å²) in [6.45, 7) is 0.124. The van der Waals surface area contributed by atoms with Gasteiger partial charge in [-0.1, -0.05) is 11.6 Å². The summed E-state index contributed by atoms with van der Waals surface area (Å²) < 4.78 is 26.0. The van der Waals surface area contributed by atoms with Gasteiger partial charge in [-0.2, -0.15) is 4.31 Å². The fraction of sp³-hybridized carbons (Fsp3) is 0.333. The number of nitrogens with zero attached hydrogens (tertiary/aromatic N) is 2. The maximum atomic E-state index is 12.5. The molecule has 1 heterocycles. The van der Waals surface area contributed by atoms with E-state index in [9.17, 15) is 18.0 Å². The lowest BCUT2D eigenvalue weighted by Crippen LogP contribution is -2.50. The van der Waals surface area contributed by atoms with Crippen LogP contribution in [0.15, 0.2) is 23.1 Å². The number of sulfonamides is 1. The first-order valence-electron chi connectivity index (χ1n) is 6.00. The van der Waals surface area contributed by atoms with Gasteiger partial charge in [0.15, 0.2) is 0 Å². The molecule has 1 amide bonds. The van der Waals surface area contributed by atoms with E-state index < -0.39 is 16.0 Å². The summed E-state index contributed by atoms with van der Waals surface area (Å²) in [4.78, 5) is 23.7. The van der Waals surface area contributed by atoms with Crippen LogP contribution in [0.1, 0.15) is 10.4 Å². The third kappa shape index (κ3) is 3.02. The zero-order valence-corrected chi connectivity index (χ0v) is 12.7. The number of piperazine rings is 1. The number of carboxylic acids is 1. The lowest BCUT2D eigenvalue weighted by Gasteiger charge is -2.31. The van der Waals surface area contributed by atoms with Crippen LogP contribution in [0.25, 0.3) is 0 Å². The second kappa shape index (κ2) is 5.63. The maximum Gasteiger partial charge on any atom is 0.335 e. The number of benzene rings is 1. The fourth-order valence-electron chi connectivity index (χ4n) is 1.92. The van der Waals surface area contributed by atoms with Gasteiger partial charge < -0.3 is 10.0 Å². The number of hydrogen-bond donors (Lipinski definition) is 1. The van der Waals surface area contributed by atoms with E-state index in [-0.39, 0.29) is 41.0 Å². The second-order valence-corrected chi connectivity index (χ2v) is 6.92. The van der Waals surface area contributed by atoms with E-state index in [1.54, 1.807) is 7.05 Å². The van der Waals surface area contributed by atoms with Gasteiger partial charge in [0, 0.05) is 20.1 Å². The summed E-state index contributed by atoms with van der Waals surface area (Å²) >= 11 is 5.88. The van der Waals surface area contributed by atoms with Crippen molar-refractivity contribution in [2.24, 2.45) is 0 Å². The van der Waals surface area contributed by atoms with Crippen LogP contribution in [-0.4, -0.2) is 61.3 Å². The van der Waals surface area contributed by atoms with Gasteiger partial charge in [0.05, 0.1) is 17.1 Å². The lowest BCUT2D eigenvalue weighted by atomic mass is 10.2. The highest BCUT2D eigenvalue weighted by molar-refractivity contribution is 7.89. The molecule has 1 aromatic carbocycles. The van der Waals surface area contributed by atoms with E-state index in [2.05, 4.69) is 0 Å². The Kier molecular flexibility index (Phi) is 4.22. The van der Waals surface area contributed by atoms with Crippen LogP contribution in [-0.2, 0) is 14.8 Å². The number of aromatic carboxylic acids is 1. The van der Waals surface area contributed by atoms with Crippen LogP contribution in [0.4, 0.5) is 0 Å². The van der Waals surface area contributed by atoms with Gasteiger partial charge in [-0.05, 0) is 18.2 Å². The van der Waals surface area contributed by atoms with Gasteiger partial charge in [-0.3, -0.25) is 4.79 Å². The largest absolute Gasteiger partial charge is 0.478 e. The molecule has 114 valence electrons. The van der Waals surface area contributed by atoms with E-state index in [4.69, 9.17) is 16.7 Å².